The van der Waals surface area contributed by atoms with Crippen LogP contribution in [-0.4, -0.2) is 72.9 Å². The van der Waals surface area contributed by atoms with Gasteiger partial charge in [-0.05, 0) is 75.6 Å². The van der Waals surface area contributed by atoms with Crippen LogP contribution in [0.15, 0.2) is 24.3 Å². The number of rotatable bonds is 5. The molecule has 2 saturated carbocycles. The second-order valence-electron chi connectivity index (χ2n) is 11.3. The molecule has 3 saturated heterocycles. The van der Waals surface area contributed by atoms with Crippen LogP contribution >= 0.6 is 0 Å². The van der Waals surface area contributed by atoms with E-state index >= 15 is 0 Å². The highest BCUT2D eigenvalue weighted by Crippen LogP contribution is 2.51. The monoisotopic (exact) mass is 456 g/mol. The maximum atomic E-state index is 14.1. The maximum absolute atomic E-state index is 14.1. The molecule has 0 N–H and O–H groups in total. The number of amides is 1. The highest BCUT2D eigenvalue weighted by molar-refractivity contribution is 5.88. The smallest absolute Gasteiger partial charge is 0.260 e. The Hall–Kier alpha value is -1.66. The number of alkyl halides is 1. The molecular weight excluding hydrogens is 419 g/mol. The van der Waals surface area contributed by atoms with E-state index in [2.05, 4.69) is 29.2 Å². The molecular formula is C27H37FN2O3. The molecule has 3 aliphatic heterocycles. The summed E-state index contributed by atoms with van der Waals surface area (Å²) in [4.78, 5) is 16.8. The fourth-order valence-electron chi connectivity index (χ4n) is 6.76. The van der Waals surface area contributed by atoms with Crippen molar-refractivity contribution in [3.63, 3.8) is 0 Å². The van der Waals surface area contributed by atoms with E-state index in [1.165, 1.54) is 37.7 Å². The first-order valence-electron chi connectivity index (χ1n) is 13.1. The number of hydrogen-bond acceptors (Lipinski definition) is 4. The van der Waals surface area contributed by atoms with Crippen LogP contribution in [0, 0.1) is 5.41 Å². The van der Waals surface area contributed by atoms with Gasteiger partial charge in [-0.25, -0.2) is 4.39 Å². The number of hydrogen-bond donors (Lipinski definition) is 0. The second kappa shape index (κ2) is 8.53. The lowest BCUT2D eigenvalue weighted by Crippen LogP contribution is -2.60. The van der Waals surface area contributed by atoms with Crippen molar-refractivity contribution in [3.05, 3.63) is 29.8 Å². The molecule has 33 heavy (non-hydrogen) atoms. The van der Waals surface area contributed by atoms with Crippen molar-refractivity contribution in [1.29, 1.82) is 0 Å². The van der Waals surface area contributed by atoms with E-state index in [4.69, 9.17) is 9.47 Å². The number of halogens is 1. The molecule has 1 atom stereocenters. The van der Waals surface area contributed by atoms with Crippen LogP contribution in [0.4, 0.5) is 4.39 Å². The molecule has 1 amide bonds. The Morgan fingerprint density at radius 1 is 1.00 bits per heavy atom. The van der Waals surface area contributed by atoms with E-state index in [-0.39, 0.29) is 17.4 Å². The molecule has 180 valence electrons. The molecule has 5 fully saturated rings. The van der Waals surface area contributed by atoms with E-state index < -0.39 is 5.67 Å². The zero-order valence-electron chi connectivity index (χ0n) is 19.6. The fourth-order valence-corrected chi connectivity index (χ4v) is 6.76. The van der Waals surface area contributed by atoms with E-state index in [9.17, 15) is 9.18 Å². The van der Waals surface area contributed by atoms with Crippen LogP contribution in [0.5, 0.6) is 5.75 Å². The Balaban J connectivity index is 1.02. The molecule has 1 spiro atoms. The van der Waals surface area contributed by atoms with Crippen molar-refractivity contribution in [1.82, 2.24) is 9.80 Å². The van der Waals surface area contributed by atoms with Crippen molar-refractivity contribution < 1.29 is 18.7 Å². The molecule has 2 aliphatic carbocycles. The van der Waals surface area contributed by atoms with Gasteiger partial charge in [-0.15, -0.1) is 0 Å². The summed E-state index contributed by atoms with van der Waals surface area (Å²) in [7, 11) is 0. The van der Waals surface area contributed by atoms with Crippen molar-refractivity contribution in [2.75, 3.05) is 39.4 Å². The van der Waals surface area contributed by atoms with Crippen LogP contribution in [0.25, 0.3) is 0 Å². The molecule has 6 heteroatoms. The Morgan fingerprint density at radius 3 is 2.45 bits per heavy atom. The number of carbonyl (C=O) groups excluding carboxylic acids is 1. The topological polar surface area (TPSA) is 42.0 Å². The van der Waals surface area contributed by atoms with Crippen LogP contribution in [0.3, 0.4) is 0 Å². The molecule has 0 aromatic heterocycles. The number of para-hydroxylation sites is 1. The minimum Gasteiger partial charge on any atom is -0.490 e. The third kappa shape index (κ3) is 4.29. The summed E-state index contributed by atoms with van der Waals surface area (Å²) in [5.41, 5.74) is 0.124. The number of piperidine rings is 1. The zero-order chi connectivity index (χ0) is 22.5. The van der Waals surface area contributed by atoms with Gasteiger partial charge in [0.05, 0.1) is 13.2 Å². The molecule has 5 aliphatic rings. The minimum absolute atomic E-state index is 0.237. The average Bonchev–Trinajstić information content (AvgIpc) is 3.42. The van der Waals surface area contributed by atoms with Crippen molar-refractivity contribution in [2.24, 2.45) is 5.41 Å². The highest BCUT2D eigenvalue weighted by atomic mass is 19.1. The van der Waals surface area contributed by atoms with Gasteiger partial charge in [-0.2, -0.15) is 0 Å². The summed E-state index contributed by atoms with van der Waals surface area (Å²) < 4.78 is 26.0. The summed E-state index contributed by atoms with van der Waals surface area (Å²) in [6.07, 6.45) is 9.00. The number of likely N-dealkylation sites (tertiary alicyclic amines) is 2. The number of benzene rings is 1. The van der Waals surface area contributed by atoms with Gasteiger partial charge in [-0.3, -0.25) is 4.79 Å². The van der Waals surface area contributed by atoms with E-state index in [0.29, 0.717) is 24.8 Å². The Kier molecular flexibility index (Phi) is 5.65. The first-order chi connectivity index (χ1) is 16.0. The second-order valence-corrected chi connectivity index (χ2v) is 11.3. The van der Waals surface area contributed by atoms with Gasteiger partial charge < -0.3 is 19.3 Å². The highest BCUT2D eigenvalue weighted by Gasteiger charge is 2.58. The largest absolute Gasteiger partial charge is 0.490 e. The van der Waals surface area contributed by atoms with Crippen molar-refractivity contribution in [3.8, 4) is 5.75 Å². The molecule has 3 heterocycles. The van der Waals surface area contributed by atoms with Gasteiger partial charge >= 0.3 is 0 Å². The molecule has 1 aromatic rings. The van der Waals surface area contributed by atoms with Gasteiger partial charge in [0.15, 0.2) is 5.67 Å². The normalized spacial score (nSPS) is 29.7. The van der Waals surface area contributed by atoms with Gasteiger partial charge in [0.25, 0.3) is 5.91 Å². The number of ether oxygens (including phenoxy) is 2. The van der Waals surface area contributed by atoms with E-state index in [0.717, 1.165) is 58.0 Å². The first kappa shape index (κ1) is 21.8. The summed E-state index contributed by atoms with van der Waals surface area (Å²) >= 11 is 0. The molecule has 5 nitrogen and oxygen atoms in total. The predicted molar refractivity (Wildman–Crippen MR) is 124 cm³/mol. The van der Waals surface area contributed by atoms with Gasteiger partial charge in [0.2, 0.25) is 0 Å². The minimum atomic E-state index is -1.51. The Bertz CT molecular complexity index is 868. The lowest BCUT2D eigenvalue weighted by atomic mass is 9.77. The molecule has 0 radical (unpaired) electrons. The number of carbonyl (C=O) groups is 1. The maximum Gasteiger partial charge on any atom is 0.260 e. The fraction of sp³-hybridized carbons (Fsp3) is 0.741. The standard InChI is InChI=1S/C27H37FN2O3/c28-27(11-12-27)25(31)30-18-26(19-30)10-5-21(17-26)29-13-6-20(7-14-29)23-3-1-2-4-24(23)33-22-8-15-32-16-9-22/h1-4,20-22H,5-19H2. The quantitative estimate of drug-likeness (QED) is 0.662. The van der Waals surface area contributed by atoms with Gasteiger partial charge in [0.1, 0.15) is 11.9 Å². The summed E-state index contributed by atoms with van der Waals surface area (Å²) in [5, 5.41) is 0. The van der Waals surface area contributed by atoms with Crippen molar-refractivity contribution in [2.45, 2.75) is 81.5 Å². The number of nitrogens with zero attached hydrogens (tertiary/aromatic N) is 2. The van der Waals surface area contributed by atoms with Gasteiger partial charge in [-0.1, -0.05) is 18.2 Å². The third-order valence-electron chi connectivity index (χ3n) is 8.96. The Morgan fingerprint density at radius 2 is 1.73 bits per heavy atom. The third-order valence-corrected chi connectivity index (χ3v) is 8.96. The van der Waals surface area contributed by atoms with Gasteiger partial charge in [0, 0.05) is 37.4 Å². The molecule has 1 aromatic carbocycles. The molecule has 0 bridgehead atoms. The van der Waals surface area contributed by atoms with Crippen LogP contribution in [0.2, 0.25) is 0 Å². The average molecular weight is 457 g/mol. The predicted octanol–water partition coefficient (Wildman–Crippen LogP) is 4.31. The summed E-state index contributed by atoms with van der Waals surface area (Å²) in [6, 6.07) is 9.26. The van der Waals surface area contributed by atoms with E-state index in [1.54, 1.807) is 4.90 Å². The lowest BCUT2D eigenvalue weighted by Gasteiger charge is -2.49. The van der Waals surface area contributed by atoms with Crippen LogP contribution in [-0.2, 0) is 9.53 Å². The Labute approximate surface area is 196 Å². The zero-order valence-corrected chi connectivity index (χ0v) is 19.6. The first-order valence-corrected chi connectivity index (χ1v) is 13.1. The molecule has 6 rings (SSSR count). The SMILES string of the molecule is O=C(N1CC2(CCC(N3CCC(c4ccccc4OC4CCOCC4)CC3)C2)C1)C1(F)CC1. The van der Waals surface area contributed by atoms with E-state index in [1.807, 2.05) is 0 Å². The van der Waals surface area contributed by atoms with Crippen LogP contribution in [0.1, 0.15) is 69.3 Å². The summed E-state index contributed by atoms with van der Waals surface area (Å²) in [5.74, 6) is 1.39. The van der Waals surface area contributed by atoms with Crippen molar-refractivity contribution >= 4 is 5.91 Å². The summed E-state index contributed by atoms with van der Waals surface area (Å²) in [6.45, 7) is 5.42. The lowest BCUT2D eigenvalue weighted by molar-refractivity contribution is -0.150. The van der Waals surface area contributed by atoms with Crippen LogP contribution < -0.4 is 4.74 Å². The molecule has 1 unspecified atom stereocenters.